The summed E-state index contributed by atoms with van der Waals surface area (Å²) in [5, 5.41) is 0.816. The molecule has 2 aromatic carbocycles. The lowest BCUT2D eigenvalue weighted by molar-refractivity contribution is 0.392. The minimum absolute atomic E-state index is 0.816. The van der Waals surface area contributed by atoms with Gasteiger partial charge in [-0.05, 0) is 12.1 Å². The van der Waals surface area contributed by atoms with Crippen LogP contribution in [-0.4, -0.2) is 36.1 Å². The molecule has 3 rings (SSSR count). The van der Waals surface area contributed by atoms with Gasteiger partial charge in [-0.25, -0.2) is 0 Å². The second kappa shape index (κ2) is 6.46. The van der Waals surface area contributed by atoms with Gasteiger partial charge in [0, 0.05) is 31.7 Å². The summed E-state index contributed by atoms with van der Waals surface area (Å²) >= 11 is 11.9. The van der Waals surface area contributed by atoms with E-state index in [9.17, 15) is 0 Å². The third kappa shape index (κ3) is 3.20. The Bertz CT molecular complexity index is 622. The van der Waals surface area contributed by atoms with Crippen LogP contribution in [0.15, 0.2) is 54.6 Å². The molecule has 0 unspecified atom stereocenters. The molecule has 0 spiro atoms. The van der Waals surface area contributed by atoms with Crippen LogP contribution in [0.25, 0.3) is 0 Å². The van der Waals surface area contributed by atoms with Crippen molar-refractivity contribution in [1.29, 1.82) is 0 Å². The molecule has 1 fully saturated rings. The molecule has 21 heavy (non-hydrogen) atoms. The second-order valence-electron chi connectivity index (χ2n) is 5.10. The molecule has 4 heteroatoms. The van der Waals surface area contributed by atoms with Gasteiger partial charge in [0.1, 0.15) is 4.99 Å². The molecule has 1 aliphatic heterocycles. The molecule has 0 atom stereocenters. The fourth-order valence-corrected chi connectivity index (χ4v) is 3.20. The van der Waals surface area contributed by atoms with E-state index in [0.29, 0.717) is 0 Å². The number of anilines is 1. The first-order chi connectivity index (χ1) is 10.3. The minimum Gasteiger partial charge on any atom is -0.367 e. The molecule has 108 valence electrons. The Morgan fingerprint density at radius 3 is 2.14 bits per heavy atom. The zero-order valence-electron chi connectivity index (χ0n) is 11.7. The van der Waals surface area contributed by atoms with Crippen molar-refractivity contribution < 1.29 is 0 Å². The third-order valence-corrected chi connectivity index (χ3v) is 4.59. The second-order valence-corrected chi connectivity index (χ2v) is 5.89. The number of benzene rings is 2. The minimum atomic E-state index is 0.816. The number of thiocarbonyl (C=S) groups is 1. The zero-order chi connectivity index (χ0) is 14.7. The maximum absolute atomic E-state index is 6.27. The van der Waals surface area contributed by atoms with E-state index in [0.717, 1.165) is 47.4 Å². The Hall–Kier alpha value is -1.58. The Labute approximate surface area is 135 Å². The van der Waals surface area contributed by atoms with Crippen molar-refractivity contribution in [3.8, 4) is 0 Å². The summed E-state index contributed by atoms with van der Waals surface area (Å²) < 4.78 is 0. The van der Waals surface area contributed by atoms with E-state index in [-0.39, 0.29) is 0 Å². The summed E-state index contributed by atoms with van der Waals surface area (Å²) in [6.07, 6.45) is 0. The van der Waals surface area contributed by atoms with Gasteiger partial charge in [0.15, 0.2) is 0 Å². The number of para-hydroxylation sites is 1. The van der Waals surface area contributed by atoms with Crippen LogP contribution in [0.3, 0.4) is 0 Å². The largest absolute Gasteiger partial charge is 0.367 e. The average Bonchev–Trinajstić information content (AvgIpc) is 2.56. The van der Waals surface area contributed by atoms with Crippen LogP contribution in [-0.2, 0) is 0 Å². The van der Waals surface area contributed by atoms with Gasteiger partial charge < -0.3 is 9.80 Å². The molecule has 0 aromatic heterocycles. The van der Waals surface area contributed by atoms with Crippen LogP contribution in [0.2, 0.25) is 5.02 Å². The van der Waals surface area contributed by atoms with Gasteiger partial charge >= 0.3 is 0 Å². The van der Waals surface area contributed by atoms with Gasteiger partial charge in [-0.2, -0.15) is 0 Å². The topological polar surface area (TPSA) is 6.48 Å². The van der Waals surface area contributed by atoms with E-state index in [4.69, 9.17) is 23.8 Å². The van der Waals surface area contributed by atoms with Gasteiger partial charge in [0.05, 0.1) is 10.7 Å². The van der Waals surface area contributed by atoms with Crippen LogP contribution in [0.5, 0.6) is 0 Å². The van der Waals surface area contributed by atoms with Gasteiger partial charge in [0.25, 0.3) is 0 Å². The van der Waals surface area contributed by atoms with Crippen molar-refractivity contribution in [2.24, 2.45) is 0 Å². The normalized spacial score (nSPS) is 15.1. The number of rotatable bonds is 2. The smallest absolute Gasteiger partial charge is 0.109 e. The maximum atomic E-state index is 6.27. The standard InChI is InChI=1S/C17H17ClN2S/c18-15-8-4-5-9-16(15)19-10-12-20(13-11-19)17(21)14-6-2-1-3-7-14/h1-9H,10-13H2. The molecular weight excluding hydrogens is 300 g/mol. The van der Waals surface area contributed by atoms with Crippen molar-refractivity contribution in [3.63, 3.8) is 0 Å². The van der Waals surface area contributed by atoms with Gasteiger partial charge in [-0.3, -0.25) is 0 Å². The fraction of sp³-hybridized carbons (Fsp3) is 0.235. The highest BCUT2D eigenvalue weighted by molar-refractivity contribution is 7.80. The van der Waals surface area contributed by atoms with E-state index in [1.807, 2.05) is 36.4 Å². The lowest BCUT2D eigenvalue weighted by Gasteiger charge is -2.37. The molecule has 0 aliphatic carbocycles. The summed E-state index contributed by atoms with van der Waals surface area (Å²) in [5.74, 6) is 0. The molecule has 0 saturated carbocycles. The quantitative estimate of drug-likeness (QED) is 0.777. The summed E-state index contributed by atoms with van der Waals surface area (Å²) in [6.45, 7) is 3.74. The zero-order valence-corrected chi connectivity index (χ0v) is 13.3. The summed E-state index contributed by atoms with van der Waals surface area (Å²) in [5.41, 5.74) is 2.24. The molecule has 0 radical (unpaired) electrons. The van der Waals surface area contributed by atoms with Gasteiger partial charge in [-0.15, -0.1) is 0 Å². The molecule has 0 bridgehead atoms. The lowest BCUT2D eigenvalue weighted by Crippen LogP contribution is -2.48. The number of piperazine rings is 1. The lowest BCUT2D eigenvalue weighted by atomic mass is 10.2. The average molecular weight is 317 g/mol. The molecule has 1 saturated heterocycles. The highest BCUT2D eigenvalue weighted by Crippen LogP contribution is 2.26. The SMILES string of the molecule is S=C(c1ccccc1)N1CCN(c2ccccc2Cl)CC1. The van der Waals surface area contributed by atoms with Crippen molar-refractivity contribution in [2.45, 2.75) is 0 Å². The first kappa shape index (κ1) is 14.4. The van der Waals surface area contributed by atoms with Crippen LogP contribution in [0.1, 0.15) is 5.56 Å². The number of halogens is 1. The Morgan fingerprint density at radius 1 is 0.857 bits per heavy atom. The summed E-state index contributed by atoms with van der Waals surface area (Å²) in [6, 6.07) is 18.2. The van der Waals surface area contributed by atoms with Crippen LogP contribution < -0.4 is 4.90 Å². The van der Waals surface area contributed by atoms with E-state index in [2.05, 4.69) is 28.0 Å². The summed E-state index contributed by atoms with van der Waals surface area (Å²) in [4.78, 5) is 5.54. The van der Waals surface area contributed by atoms with E-state index in [1.54, 1.807) is 0 Å². The molecular formula is C17H17ClN2S. The molecule has 0 amide bonds. The Morgan fingerprint density at radius 2 is 1.48 bits per heavy atom. The molecule has 1 aliphatic rings. The van der Waals surface area contributed by atoms with Crippen LogP contribution >= 0.6 is 23.8 Å². The van der Waals surface area contributed by atoms with Crippen molar-refractivity contribution in [2.75, 3.05) is 31.1 Å². The fourth-order valence-electron chi connectivity index (χ4n) is 2.62. The highest BCUT2D eigenvalue weighted by atomic mass is 35.5. The van der Waals surface area contributed by atoms with Gasteiger partial charge in [-0.1, -0.05) is 66.3 Å². The van der Waals surface area contributed by atoms with Crippen LogP contribution in [0, 0.1) is 0 Å². The Kier molecular flexibility index (Phi) is 4.42. The maximum Gasteiger partial charge on any atom is 0.109 e. The van der Waals surface area contributed by atoms with Crippen molar-refractivity contribution in [1.82, 2.24) is 4.90 Å². The first-order valence-corrected chi connectivity index (χ1v) is 7.88. The Balaban J connectivity index is 1.66. The molecule has 2 nitrogen and oxygen atoms in total. The summed E-state index contributed by atoms with van der Waals surface area (Å²) in [7, 11) is 0. The number of hydrogen-bond acceptors (Lipinski definition) is 2. The van der Waals surface area contributed by atoms with Crippen molar-refractivity contribution in [3.05, 3.63) is 65.2 Å². The highest BCUT2D eigenvalue weighted by Gasteiger charge is 2.20. The molecule has 1 heterocycles. The van der Waals surface area contributed by atoms with E-state index >= 15 is 0 Å². The predicted octanol–water partition coefficient (Wildman–Crippen LogP) is 3.84. The predicted molar refractivity (Wildman–Crippen MR) is 93.4 cm³/mol. The molecule has 0 N–H and O–H groups in total. The van der Waals surface area contributed by atoms with E-state index < -0.39 is 0 Å². The van der Waals surface area contributed by atoms with Crippen LogP contribution in [0.4, 0.5) is 5.69 Å². The van der Waals surface area contributed by atoms with Crippen molar-refractivity contribution >= 4 is 34.5 Å². The number of hydrogen-bond donors (Lipinski definition) is 0. The monoisotopic (exact) mass is 316 g/mol. The third-order valence-electron chi connectivity index (χ3n) is 3.78. The van der Waals surface area contributed by atoms with E-state index in [1.165, 1.54) is 0 Å². The number of nitrogens with zero attached hydrogens (tertiary/aromatic N) is 2. The first-order valence-electron chi connectivity index (χ1n) is 7.09. The van der Waals surface area contributed by atoms with Gasteiger partial charge in [0.2, 0.25) is 0 Å². The molecule has 2 aromatic rings.